The first-order valence-electron chi connectivity index (χ1n) is 10.6. The smallest absolute Gasteiger partial charge is 0.409 e. The number of alkyl halides is 2. The Morgan fingerprint density at radius 1 is 1.23 bits per heavy atom. The molecule has 1 N–H and O–H groups in total. The van der Waals surface area contributed by atoms with Gasteiger partial charge >= 0.3 is 6.09 Å². The van der Waals surface area contributed by atoms with Crippen molar-refractivity contribution in [3.8, 4) is 0 Å². The summed E-state index contributed by atoms with van der Waals surface area (Å²) in [6.45, 7) is 9.50. The summed E-state index contributed by atoms with van der Waals surface area (Å²) in [5.74, 6) is 0.629. The summed E-state index contributed by atoms with van der Waals surface area (Å²) < 4.78 is 31.4. The molecule has 7 nitrogen and oxygen atoms in total. The topological polar surface area (TPSA) is 74.3 Å². The number of methoxy groups -OCH3 is 1. The lowest BCUT2D eigenvalue weighted by Gasteiger charge is -2.32. The van der Waals surface area contributed by atoms with Gasteiger partial charge in [0.15, 0.2) is 5.82 Å². The zero-order valence-electron chi connectivity index (χ0n) is 18.6. The van der Waals surface area contributed by atoms with Crippen molar-refractivity contribution < 1.29 is 18.3 Å². The van der Waals surface area contributed by atoms with Crippen LogP contribution in [0, 0.1) is 0 Å². The van der Waals surface area contributed by atoms with Gasteiger partial charge in [-0.1, -0.05) is 39.3 Å². The number of pyridine rings is 1. The molecule has 4 heterocycles. The van der Waals surface area contributed by atoms with Crippen LogP contribution in [0.4, 0.5) is 25.1 Å². The largest absolute Gasteiger partial charge is 0.453 e. The number of nitrogens with one attached hydrogen (secondary N) is 1. The van der Waals surface area contributed by atoms with Crippen LogP contribution in [-0.2, 0) is 24.1 Å². The first-order chi connectivity index (χ1) is 15.0. The van der Waals surface area contributed by atoms with Gasteiger partial charge in [-0.2, -0.15) is 5.10 Å². The number of rotatable bonds is 2. The molecule has 4 rings (SSSR count). The van der Waals surface area contributed by atoms with E-state index < -0.39 is 12.5 Å². The van der Waals surface area contributed by atoms with Crippen molar-refractivity contribution in [1.82, 2.24) is 20.1 Å². The number of hydrogen-bond acceptors (Lipinski definition) is 5. The zero-order chi connectivity index (χ0) is 23.1. The molecule has 0 aromatic carbocycles. The fourth-order valence-electron chi connectivity index (χ4n) is 3.63. The predicted octanol–water partition coefficient (Wildman–Crippen LogP) is 5.66. The summed E-state index contributed by atoms with van der Waals surface area (Å²) >= 11 is 5.92. The van der Waals surface area contributed by atoms with Crippen molar-refractivity contribution in [2.24, 2.45) is 0 Å². The second-order valence-corrected chi connectivity index (χ2v) is 6.89. The van der Waals surface area contributed by atoms with Gasteiger partial charge in [0.25, 0.3) is 6.43 Å². The fraction of sp³-hybridized carbons (Fsp3) is 0.571. The summed E-state index contributed by atoms with van der Waals surface area (Å²) in [6, 6.07) is 1.40. The number of carbonyl (C=O) groups is 1. The van der Waals surface area contributed by atoms with Crippen molar-refractivity contribution in [2.45, 2.75) is 59.9 Å². The second-order valence-electron chi connectivity index (χ2n) is 6.54. The molecule has 2 aromatic heterocycles. The predicted molar refractivity (Wildman–Crippen MR) is 117 cm³/mol. The number of ether oxygens (including phenoxy) is 1. The third kappa shape index (κ3) is 5.08. The molecule has 2 aliphatic rings. The highest BCUT2D eigenvalue weighted by atomic mass is 35.5. The average Bonchev–Trinajstić information content (AvgIpc) is 3.23. The van der Waals surface area contributed by atoms with Crippen LogP contribution in [0.1, 0.15) is 63.1 Å². The maximum absolute atomic E-state index is 13.3. The van der Waals surface area contributed by atoms with Crippen LogP contribution < -0.4 is 4.90 Å². The summed E-state index contributed by atoms with van der Waals surface area (Å²) in [5, 5.41) is 7.27. The van der Waals surface area contributed by atoms with Crippen LogP contribution in [-0.4, -0.2) is 46.4 Å². The Hall–Kier alpha value is -2.42. The number of fused-ring (bicyclic) bond motifs is 2. The summed E-state index contributed by atoms with van der Waals surface area (Å²) in [4.78, 5) is 19.6. The molecule has 0 saturated heterocycles. The van der Waals surface area contributed by atoms with Gasteiger partial charge in [0.2, 0.25) is 0 Å². The Labute approximate surface area is 186 Å². The van der Waals surface area contributed by atoms with E-state index in [0.717, 1.165) is 17.7 Å². The van der Waals surface area contributed by atoms with Crippen molar-refractivity contribution in [1.29, 1.82) is 0 Å². The number of halogens is 3. The number of aryl methyl sites for hydroxylation is 1. The fourth-order valence-corrected chi connectivity index (χ4v) is 3.87. The average molecular weight is 458 g/mol. The van der Waals surface area contributed by atoms with E-state index in [4.69, 9.17) is 16.3 Å². The number of aromatic nitrogens is 3. The molecule has 10 heteroatoms. The lowest BCUT2D eigenvalue weighted by Crippen LogP contribution is -2.36. The van der Waals surface area contributed by atoms with Gasteiger partial charge in [-0.3, -0.25) is 5.10 Å². The molecule has 172 valence electrons. The standard InChI is InChI=1S/C17H18ClF2N5O2.2C2H6/c1-27-17(26)24-6-4-11-10(8-24)16(23-22-11)25-5-2-3-12-13(25)7-9(15(19)20)14(18)21-12;2*1-2/h7,15H,2-6,8H2,1H3,(H,22,23);2*1-2H3. The third-order valence-corrected chi connectivity index (χ3v) is 5.28. The maximum Gasteiger partial charge on any atom is 0.409 e. The molecule has 31 heavy (non-hydrogen) atoms. The molecule has 0 spiro atoms. The quantitative estimate of drug-likeness (QED) is 0.589. The number of nitrogens with zero attached hydrogens (tertiary/aromatic N) is 4. The van der Waals surface area contributed by atoms with Gasteiger partial charge in [0.1, 0.15) is 5.15 Å². The monoisotopic (exact) mass is 457 g/mol. The highest BCUT2D eigenvalue weighted by Crippen LogP contribution is 2.39. The van der Waals surface area contributed by atoms with Gasteiger partial charge in [-0.15, -0.1) is 0 Å². The number of hydrogen-bond donors (Lipinski definition) is 1. The minimum atomic E-state index is -2.71. The number of H-pyrrole nitrogens is 1. The van der Waals surface area contributed by atoms with Crippen LogP contribution in [0.25, 0.3) is 0 Å². The van der Waals surface area contributed by atoms with E-state index in [2.05, 4.69) is 15.2 Å². The van der Waals surface area contributed by atoms with Gasteiger partial charge in [-0.25, -0.2) is 18.6 Å². The van der Waals surface area contributed by atoms with Crippen molar-refractivity contribution in [2.75, 3.05) is 25.1 Å². The Morgan fingerprint density at radius 2 is 1.94 bits per heavy atom. The first-order valence-corrected chi connectivity index (χ1v) is 11.0. The molecule has 2 aliphatic heterocycles. The van der Waals surface area contributed by atoms with E-state index in [-0.39, 0.29) is 10.7 Å². The molecule has 0 bridgehead atoms. The molecule has 0 atom stereocenters. The molecule has 2 aromatic rings. The molecule has 0 saturated carbocycles. The summed E-state index contributed by atoms with van der Waals surface area (Å²) in [5.41, 5.74) is 2.78. The molecule has 0 radical (unpaired) electrons. The minimum Gasteiger partial charge on any atom is -0.453 e. The van der Waals surface area contributed by atoms with Crippen LogP contribution in [0.5, 0.6) is 0 Å². The van der Waals surface area contributed by atoms with E-state index in [1.807, 2.05) is 32.6 Å². The Kier molecular flexibility index (Phi) is 9.03. The number of aromatic amines is 1. The van der Waals surface area contributed by atoms with Crippen LogP contribution in [0.15, 0.2) is 6.07 Å². The minimum absolute atomic E-state index is 0.161. The van der Waals surface area contributed by atoms with Gasteiger partial charge in [0, 0.05) is 30.8 Å². The molecular formula is C21H30ClF2N5O2. The van der Waals surface area contributed by atoms with Crippen molar-refractivity contribution in [3.63, 3.8) is 0 Å². The van der Waals surface area contributed by atoms with Crippen molar-refractivity contribution in [3.05, 3.63) is 33.7 Å². The van der Waals surface area contributed by atoms with Crippen LogP contribution >= 0.6 is 11.6 Å². The van der Waals surface area contributed by atoms with E-state index in [1.165, 1.54) is 13.2 Å². The maximum atomic E-state index is 13.3. The van der Waals surface area contributed by atoms with E-state index in [0.29, 0.717) is 49.7 Å². The first kappa shape index (κ1) is 24.8. The SMILES string of the molecule is CC.CC.COC(=O)N1CCc2[nH]nc(N3CCCc4nc(Cl)c(C(F)F)cc43)c2C1. The molecule has 0 fully saturated rings. The lowest BCUT2D eigenvalue weighted by atomic mass is 10.0. The molecule has 1 amide bonds. The highest BCUT2D eigenvalue weighted by Gasteiger charge is 2.31. The molecular weight excluding hydrogens is 428 g/mol. The Morgan fingerprint density at radius 3 is 2.58 bits per heavy atom. The second kappa shape index (κ2) is 11.3. The zero-order valence-corrected chi connectivity index (χ0v) is 19.4. The Bertz CT molecular complexity index is 891. The molecule has 0 unspecified atom stereocenters. The summed E-state index contributed by atoms with van der Waals surface area (Å²) in [7, 11) is 1.34. The number of amides is 1. The normalized spacial score (nSPS) is 14.6. The van der Waals surface area contributed by atoms with Crippen LogP contribution in [0.3, 0.4) is 0 Å². The number of anilines is 2. The van der Waals surface area contributed by atoms with Gasteiger partial charge in [-0.05, 0) is 18.9 Å². The van der Waals surface area contributed by atoms with E-state index >= 15 is 0 Å². The highest BCUT2D eigenvalue weighted by molar-refractivity contribution is 6.30. The molecule has 0 aliphatic carbocycles. The van der Waals surface area contributed by atoms with E-state index in [1.54, 1.807) is 4.90 Å². The van der Waals surface area contributed by atoms with Crippen molar-refractivity contribution >= 4 is 29.2 Å². The van der Waals surface area contributed by atoms with Crippen LogP contribution in [0.2, 0.25) is 5.15 Å². The summed E-state index contributed by atoms with van der Waals surface area (Å²) in [6.07, 6.45) is -1.02. The number of carbonyl (C=O) groups excluding carboxylic acids is 1. The third-order valence-electron chi connectivity index (χ3n) is 4.98. The van der Waals surface area contributed by atoms with Gasteiger partial charge in [0.05, 0.1) is 30.6 Å². The Balaban J connectivity index is 0.000000807. The van der Waals surface area contributed by atoms with E-state index in [9.17, 15) is 13.6 Å². The van der Waals surface area contributed by atoms with Gasteiger partial charge < -0.3 is 14.5 Å². The lowest BCUT2D eigenvalue weighted by molar-refractivity contribution is 0.118.